The number of amides is 3. The summed E-state index contributed by atoms with van der Waals surface area (Å²) < 4.78 is 6.60. The number of aromatic nitrogens is 1. The van der Waals surface area contributed by atoms with E-state index in [-0.39, 0.29) is 29.1 Å². The fraction of sp³-hybridized carbons (Fsp3) is 0.250. The second-order valence-electron chi connectivity index (χ2n) is 10.8. The van der Waals surface area contributed by atoms with Gasteiger partial charge in [0.15, 0.2) is 0 Å². The first-order valence-electron chi connectivity index (χ1n) is 13.7. The second kappa shape index (κ2) is 11.4. The van der Waals surface area contributed by atoms with E-state index in [1.807, 2.05) is 62.3 Å². The van der Waals surface area contributed by atoms with E-state index in [0.29, 0.717) is 27.0 Å². The number of carbonyl (C=O) groups is 3. The third kappa shape index (κ3) is 5.23. The highest BCUT2D eigenvalue weighted by Gasteiger charge is 2.56. The Morgan fingerprint density at radius 1 is 0.930 bits per heavy atom. The van der Waals surface area contributed by atoms with Gasteiger partial charge in [-0.2, -0.15) is 0 Å². The number of fused-ring (bicyclic) bond motifs is 2. The van der Waals surface area contributed by atoms with Gasteiger partial charge in [-0.3, -0.25) is 23.7 Å². The Bertz CT molecular complexity index is 1760. The molecule has 1 N–H and O–H groups in total. The van der Waals surface area contributed by atoms with Crippen LogP contribution in [0.1, 0.15) is 21.9 Å². The normalized spacial score (nSPS) is 19.2. The van der Waals surface area contributed by atoms with Crippen molar-refractivity contribution < 1.29 is 19.1 Å². The number of nitrogens with one attached hydrogen (secondary N) is 1. The molecule has 0 spiro atoms. The molecule has 43 heavy (non-hydrogen) atoms. The molecule has 220 valence electrons. The lowest BCUT2D eigenvalue weighted by atomic mass is 9.83. The summed E-state index contributed by atoms with van der Waals surface area (Å²) in [6.45, 7) is 1.72. The molecule has 0 aliphatic carbocycles. The molecule has 4 aromatic rings. The van der Waals surface area contributed by atoms with Gasteiger partial charge < -0.3 is 15.0 Å². The maximum atomic E-state index is 14.1. The number of ether oxygens (including phenoxy) is 1. The molecule has 3 heterocycles. The van der Waals surface area contributed by atoms with Gasteiger partial charge in [0.05, 0.1) is 23.7 Å². The van der Waals surface area contributed by atoms with Crippen molar-refractivity contribution in [3.63, 3.8) is 0 Å². The molecule has 3 atom stereocenters. The molecule has 1 aromatic heterocycles. The highest BCUT2D eigenvalue weighted by Crippen LogP contribution is 2.54. The zero-order chi connectivity index (χ0) is 30.4. The van der Waals surface area contributed by atoms with Gasteiger partial charge in [-0.05, 0) is 61.0 Å². The Kier molecular flexibility index (Phi) is 7.61. The van der Waals surface area contributed by atoms with E-state index in [1.54, 1.807) is 43.5 Å². The third-order valence-corrected chi connectivity index (χ3v) is 10.4. The van der Waals surface area contributed by atoms with Crippen LogP contribution < -0.4 is 24.7 Å². The summed E-state index contributed by atoms with van der Waals surface area (Å²) in [5.41, 5.74) is 3.94. The number of thioether (sulfide) groups is 1. The monoisotopic (exact) mass is 614 g/mol. The second-order valence-corrected chi connectivity index (χ2v) is 12.9. The maximum absolute atomic E-state index is 14.1. The van der Waals surface area contributed by atoms with Crippen LogP contribution in [0.2, 0.25) is 0 Å². The lowest BCUT2D eigenvalue weighted by Crippen LogP contribution is -2.33. The molecule has 3 amide bonds. The first kappa shape index (κ1) is 28.8. The van der Waals surface area contributed by atoms with Gasteiger partial charge in [0.2, 0.25) is 17.7 Å². The topological polar surface area (TPSA) is 101 Å². The summed E-state index contributed by atoms with van der Waals surface area (Å²) in [5, 5.41) is 2.63. The molecule has 9 nitrogen and oxygen atoms in total. The van der Waals surface area contributed by atoms with Crippen molar-refractivity contribution in [3.05, 3.63) is 98.5 Å². The van der Waals surface area contributed by atoms with Gasteiger partial charge in [0.25, 0.3) is 0 Å². The van der Waals surface area contributed by atoms with Crippen molar-refractivity contribution in [1.82, 2.24) is 4.57 Å². The summed E-state index contributed by atoms with van der Waals surface area (Å²) in [6, 6.07) is 22.1. The summed E-state index contributed by atoms with van der Waals surface area (Å²) in [6.07, 6.45) is 0. The zero-order valence-electron chi connectivity index (χ0n) is 24.1. The van der Waals surface area contributed by atoms with Crippen molar-refractivity contribution in [1.29, 1.82) is 0 Å². The first-order chi connectivity index (χ1) is 20.7. The Morgan fingerprint density at radius 2 is 1.60 bits per heavy atom. The SMILES string of the molecule is COc1ccc(NC(=O)Cn2c3c(sc2=O)C(c2ccc(N(C)C)cc2)C2C(=O)N(c4ccc(C)cc4)C(=O)C2S3)cc1. The van der Waals surface area contributed by atoms with Gasteiger partial charge >= 0.3 is 4.87 Å². The van der Waals surface area contributed by atoms with Crippen molar-refractivity contribution in [3.8, 4) is 5.75 Å². The first-order valence-corrected chi connectivity index (χ1v) is 15.4. The predicted molar refractivity (Wildman–Crippen MR) is 170 cm³/mol. The Hall–Kier alpha value is -4.35. The van der Waals surface area contributed by atoms with E-state index in [9.17, 15) is 19.2 Å². The van der Waals surface area contributed by atoms with Crippen LogP contribution in [-0.4, -0.2) is 48.7 Å². The van der Waals surface area contributed by atoms with Crippen LogP contribution in [0, 0.1) is 12.8 Å². The maximum Gasteiger partial charge on any atom is 0.308 e. The molecule has 1 fully saturated rings. The minimum Gasteiger partial charge on any atom is -0.497 e. The molecule has 2 aliphatic rings. The Labute approximate surface area is 257 Å². The van der Waals surface area contributed by atoms with E-state index < -0.39 is 17.1 Å². The average Bonchev–Trinajstić information content (AvgIpc) is 3.44. The van der Waals surface area contributed by atoms with Crippen molar-refractivity contribution in [2.45, 2.75) is 29.7 Å². The van der Waals surface area contributed by atoms with E-state index >= 15 is 0 Å². The summed E-state index contributed by atoms with van der Waals surface area (Å²) in [4.78, 5) is 58.1. The predicted octanol–water partition coefficient (Wildman–Crippen LogP) is 4.73. The van der Waals surface area contributed by atoms with E-state index in [2.05, 4.69) is 5.32 Å². The smallest absolute Gasteiger partial charge is 0.308 e. The molecule has 3 unspecified atom stereocenters. The standard InChI is InChI=1S/C32H30N4O5S2/c1-18-5-11-22(12-6-18)36-29(38)26-25(19-7-13-21(14-8-19)34(2)3)28-31(42-27(26)30(36)39)35(32(40)43-28)17-24(37)33-20-9-15-23(41-4)16-10-20/h5-16,25-27H,17H2,1-4H3,(H,33,37). The number of anilines is 3. The molecular weight excluding hydrogens is 585 g/mol. The van der Waals surface area contributed by atoms with Crippen molar-refractivity contribution in [2.24, 2.45) is 5.92 Å². The van der Waals surface area contributed by atoms with Gasteiger partial charge in [0, 0.05) is 36.3 Å². The third-order valence-electron chi connectivity index (χ3n) is 7.79. The molecule has 6 rings (SSSR count). The number of nitrogens with zero attached hydrogens (tertiary/aromatic N) is 3. The number of methoxy groups -OCH3 is 1. The van der Waals surface area contributed by atoms with Crippen LogP contribution in [-0.2, 0) is 20.9 Å². The summed E-state index contributed by atoms with van der Waals surface area (Å²) in [7, 11) is 5.46. The lowest BCUT2D eigenvalue weighted by molar-refractivity contribution is -0.122. The average molecular weight is 615 g/mol. The molecular formula is C32H30N4O5S2. The van der Waals surface area contributed by atoms with Crippen LogP contribution in [0.4, 0.5) is 17.1 Å². The molecule has 3 aromatic carbocycles. The minimum absolute atomic E-state index is 0.225. The number of hydrogen-bond acceptors (Lipinski definition) is 8. The molecule has 11 heteroatoms. The fourth-order valence-electron chi connectivity index (χ4n) is 5.56. The number of aryl methyl sites for hydroxylation is 1. The number of hydrogen-bond donors (Lipinski definition) is 1. The molecule has 2 aliphatic heterocycles. The lowest BCUT2D eigenvalue weighted by Gasteiger charge is -2.31. The molecule has 1 saturated heterocycles. The summed E-state index contributed by atoms with van der Waals surface area (Å²) >= 11 is 2.24. The summed E-state index contributed by atoms with van der Waals surface area (Å²) in [5.74, 6) is -1.55. The van der Waals surface area contributed by atoms with Gasteiger partial charge in [-0.25, -0.2) is 4.90 Å². The number of carbonyl (C=O) groups excluding carboxylic acids is 3. The fourth-order valence-corrected chi connectivity index (χ4v) is 8.33. The minimum atomic E-state index is -0.746. The van der Waals surface area contributed by atoms with Crippen molar-refractivity contribution in [2.75, 3.05) is 36.3 Å². The van der Waals surface area contributed by atoms with Crippen LogP contribution >= 0.6 is 23.1 Å². The molecule has 0 saturated carbocycles. The van der Waals surface area contributed by atoms with E-state index in [0.717, 1.165) is 28.2 Å². The molecule has 0 radical (unpaired) electrons. The van der Waals surface area contributed by atoms with Crippen LogP contribution in [0.5, 0.6) is 5.75 Å². The van der Waals surface area contributed by atoms with E-state index in [4.69, 9.17) is 4.74 Å². The van der Waals surface area contributed by atoms with E-state index in [1.165, 1.54) is 21.2 Å². The van der Waals surface area contributed by atoms with Crippen LogP contribution in [0.15, 0.2) is 82.6 Å². The highest BCUT2D eigenvalue weighted by atomic mass is 32.2. The highest BCUT2D eigenvalue weighted by molar-refractivity contribution is 8.00. The van der Waals surface area contributed by atoms with Crippen LogP contribution in [0.25, 0.3) is 0 Å². The van der Waals surface area contributed by atoms with Crippen LogP contribution in [0.3, 0.4) is 0 Å². The number of rotatable bonds is 7. The van der Waals surface area contributed by atoms with Gasteiger partial charge in [0.1, 0.15) is 17.5 Å². The quantitative estimate of drug-likeness (QED) is 0.301. The van der Waals surface area contributed by atoms with Crippen molar-refractivity contribution >= 4 is 57.9 Å². The number of benzene rings is 3. The Morgan fingerprint density at radius 3 is 2.23 bits per heavy atom. The van der Waals surface area contributed by atoms with Gasteiger partial charge in [-0.1, -0.05) is 52.9 Å². The number of thiazole rings is 1. The largest absolute Gasteiger partial charge is 0.497 e. The zero-order valence-corrected chi connectivity index (χ0v) is 25.7. The number of imide groups is 1. The Balaban J connectivity index is 1.39. The molecule has 0 bridgehead atoms. The van der Waals surface area contributed by atoms with Gasteiger partial charge in [-0.15, -0.1) is 0 Å².